The van der Waals surface area contributed by atoms with Crippen LogP contribution < -0.4 is 10.2 Å². The van der Waals surface area contributed by atoms with E-state index in [0.717, 1.165) is 17.0 Å². The van der Waals surface area contributed by atoms with E-state index in [-0.39, 0.29) is 5.56 Å². The van der Waals surface area contributed by atoms with Crippen molar-refractivity contribution in [3.05, 3.63) is 59.7 Å². The molecule has 0 aliphatic heterocycles. The number of carbonyl (C=O) groups is 1. The molecule has 2 rings (SSSR count). The standard InChI is InChI=1S/C16H16N2O3/c1-11(12-5-4-8-15(10-12)21-2)17-18-14-7-3-6-13(9-14)16(19)20/h3-10,18H,1-2H3,(H,19,20). The Morgan fingerprint density at radius 2 is 1.86 bits per heavy atom. The zero-order chi connectivity index (χ0) is 15.2. The van der Waals surface area contributed by atoms with Gasteiger partial charge in [-0.1, -0.05) is 18.2 Å². The van der Waals surface area contributed by atoms with Gasteiger partial charge < -0.3 is 9.84 Å². The summed E-state index contributed by atoms with van der Waals surface area (Å²) in [4.78, 5) is 10.9. The van der Waals surface area contributed by atoms with Crippen LogP contribution in [0.3, 0.4) is 0 Å². The van der Waals surface area contributed by atoms with Crippen molar-refractivity contribution in [2.45, 2.75) is 6.92 Å². The molecule has 0 radical (unpaired) electrons. The summed E-state index contributed by atoms with van der Waals surface area (Å²) in [6.45, 7) is 1.86. The highest BCUT2D eigenvalue weighted by molar-refractivity contribution is 5.99. The molecule has 108 valence electrons. The summed E-state index contributed by atoms with van der Waals surface area (Å²) in [5, 5.41) is 13.2. The number of hydrazone groups is 1. The average molecular weight is 284 g/mol. The topological polar surface area (TPSA) is 70.9 Å². The van der Waals surface area contributed by atoms with Crippen LogP contribution in [0.25, 0.3) is 0 Å². The molecule has 0 amide bonds. The fourth-order valence-electron chi connectivity index (χ4n) is 1.78. The number of methoxy groups -OCH3 is 1. The molecule has 21 heavy (non-hydrogen) atoms. The van der Waals surface area contributed by atoms with Gasteiger partial charge >= 0.3 is 5.97 Å². The third-order valence-electron chi connectivity index (χ3n) is 2.95. The molecule has 0 saturated carbocycles. The van der Waals surface area contributed by atoms with Gasteiger partial charge in [-0.05, 0) is 37.3 Å². The Hall–Kier alpha value is -2.82. The molecule has 5 heteroatoms. The van der Waals surface area contributed by atoms with Crippen LogP contribution in [0.15, 0.2) is 53.6 Å². The average Bonchev–Trinajstić information content (AvgIpc) is 2.53. The molecule has 5 nitrogen and oxygen atoms in total. The molecule has 2 aromatic carbocycles. The normalized spacial score (nSPS) is 11.0. The Balaban J connectivity index is 2.16. The number of nitrogens with zero attached hydrogens (tertiary/aromatic N) is 1. The van der Waals surface area contributed by atoms with Gasteiger partial charge in [0.05, 0.1) is 24.1 Å². The highest BCUT2D eigenvalue weighted by Crippen LogP contribution is 2.14. The number of carboxylic acids is 1. The number of benzene rings is 2. The molecular formula is C16H16N2O3. The van der Waals surface area contributed by atoms with Gasteiger partial charge in [0.25, 0.3) is 0 Å². The summed E-state index contributed by atoms with van der Waals surface area (Å²) in [7, 11) is 1.61. The van der Waals surface area contributed by atoms with Gasteiger partial charge in [-0.2, -0.15) is 5.10 Å². The summed E-state index contributed by atoms with van der Waals surface area (Å²) in [6, 6.07) is 14.1. The molecule has 0 aliphatic rings. The molecule has 2 aromatic rings. The highest BCUT2D eigenvalue weighted by atomic mass is 16.5. The van der Waals surface area contributed by atoms with Crippen LogP contribution in [-0.4, -0.2) is 23.9 Å². The van der Waals surface area contributed by atoms with E-state index in [1.807, 2.05) is 31.2 Å². The lowest BCUT2D eigenvalue weighted by Crippen LogP contribution is -2.01. The number of rotatable bonds is 5. The van der Waals surface area contributed by atoms with Crippen LogP contribution in [0.5, 0.6) is 5.75 Å². The first-order chi connectivity index (χ1) is 10.1. The second-order valence-electron chi connectivity index (χ2n) is 4.43. The van der Waals surface area contributed by atoms with Crippen LogP contribution in [0.1, 0.15) is 22.8 Å². The Morgan fingerprint density at radius 3 is 2.57 bits per heavy atom. The zero-order valence-corrected chi connectivity index (χ0v) is 11.8. The lowest BCUT2D eigenvalue weighted by molar-refractivity contribution is 0.0697. The summed E-state index contributed by atoms with van der Waals surface area (Å²) in [6.07, 6.45) is 0. The predicted molar refractivity (Wildman–Crippen MR) is 82.2 cm³/mol. The van der Waals surface area contributed by atoms with Crippen LogP contribution in [0.4, 0.5) is 5.69 Å². The van der Waals surface area contributed by atoms with Crippen LogP contribution in [0, 0.1) is 0 Å². The van der Waals surface area contributed by atoms with Gasteiger partial charge in [0, 0.05) is 5.56 Å². The summed E-state index contributed by atoms with van der Waals surface area (Å²) in [5.41, 5.74) is 5.40. The predicted octanol–water partition coefficient (Wildman–Crippen LogP) is 3.23. The Bertz CT molecular complexity index is 681. The third kappa shape index (κ3) is 3.82. The maximum atomic E-state index is 10.9. The van der Waals surface area contributed by atoms with E-state index in [2.05, 4.69) is 10.5 Å². The van der Waals surface area contributed by atoms with Gasteiger partial charge in [0.2, 0.25) is 0 Å². The van der Waals surface area contributed by atoms with Gasteiger partial charge in [0.15, 0.2) is 0 Å². The van der Waals surface area contributed by atoms with Crippen LogP contribution >= 0.6 is 0 Å². The van der Waals surface area contributed by atoms with Crippen molar-refractivity contribution in [1.29, 1.82) is 0 Å². The summed E-state index contributed by atoms with van der Waals surface area (Å²) >= 11 is 0. The minimum absolute atomic E-state index is 0.217. The van der Waals surface area contributed by atoms with E-state index < -0.39 is 5.97 Å². The number of aromatic carboxylic acids is 1. The monoisotopic (exact) mass is 284 g/mol. The Morgan fingerprint density at radius 1 is 1.14 bits per heavy atom. The molecule has 0 aliphatic carbocycles. The van der Waals surface area contributed by atoms with Crippen molar-refractivity contribution < 1.29 is 14.6 Å². The SMILES string of the molecule is COc1cccc(C(C)=NNc2cccc(C(=O)O)c2)c1. The molecule has 0 aromatic heterocycles. The van der Waals surface area contributed by atoms with Gasteiger partial charge in [-0.3, -0.25) is 5.43 Å². The maximum absolute atomic E-state index is 10.9. The second-order valence-corrected chi connectivity index (χ2v) is 4.43. The number of hydrogen-bond donors (Lipinski definition) is 2. The quantitative estimate of drug-likeness (QED) is 0.653. The zero-order valence-electron chi connectivity index (χ0n) is 11.8. The molecule has 0 unspecified atom stereocenters. The summed E-state index contributed by atoms with van der Waals surface area (Å²) in [5.74, 6) is -0.206. The van der Waals surface area contributed by atoms with E-state index in [4.69, 9.17) is 9.84 Å². The number of anilines is 1. The van der Waals surface area contributed by atoms with E-state index in [9.17, 15) is 4.79 Å². The van der Waals surface area contributed by atoms with Crippen molar-refractivity contribution in [3.63, 3.8) is 0 Å². The minimum atomic E-state index is -0.966. The fourth-order valence-corrected chi connectivity index (χ4v) is 1.78. The third-order valence-corrected chi connectivity index (χ3v) is 2.95. The maximum Gasteiger partial charge on any atom is 0.335 e. The lowest BCUT2D eigenvalue weighted by atomic mass is 10.1. The van der Waals surface area contributed by atoms with E-state index in [1.165, 1.54) is 12.1 Å². The molecule has 0 bridgehead atoms. The Kier molecular flexibility index (Phi) is 4.56. The molecule has 0 saturated heterocycles. The molecular weight excluding hydrogens is 268 g/mol. The van der Waals surface area contributed by atoms with Crippen molar-refractivity contribution in [3.8, 4) is 5.75 Å². The smallest absolute Gasteiger partial charge is 0.335 e. The lowest BCUT2D eigenvalue weighted by Gasteiger charge is -2.06. The molecule has 0 heterocycles. The first-order valence-electron chi connectivity index (χ1n) is 6.38. The van der Waals surface area contributed by atoms with E-state index in [0.29, 0.717) is 5.69 Å². The largest absolute Gasteiger partial charge is 0.497 e. The first-order valence-corrected chi connectivity index (χ1v) is 6.38. The number of ether oxygens (including phenoxy) is 1. The first kappa shape index (κ1) is 14.6. The van der Waals surface area contributed by atoms with Crippen LogP contribution in [-0.2, 0) is 0 Å². The number of hydrogen-bond acceptors (Lipinski definition) is 4. The van der Waals surface area contributed by atoms with Gasteiger partial charge in [0.1, 0.15) is 5.75 Å². The summed E-state index contributed by atoms with van der Waals surface area (Å²) < 4.78 is 5.17. The fraction of sp³-hybridized carbons (Fsp3) is 0.125. The second kappa shape index (κ2) is 6.56. The Labute approximate surface area is 122 Å². The van der Waals surface area contributed by atoms with Crippen molar-refractivity contribution >= 4 is 17.4 Å². The van der Waals surface area contributed by atoms with Gasteiger partial charge in [-0.15, -0.1) is 0 Å². The van der Waals surface area contributed by atoms with Crippen molar-refractivity contribution in [2.75, 3.05) is 12.5 Å². The molecule has 0 fully saturated rings. The molecule has 2 N–H and O–H groups in total. The molecule has 0 atom stereocenters. The van der Waals surface area contributed by atoms with Crippen molar-refractivity contribution in [1.82, 2.24) is 0 Å². The van der Waals surface area contributed by atoms with E-state index in [1.54, 1.807) is 19.2 Å². The highest BCUT2D eigenvalue weighted by Gasteiger charge is 2.03. The number of nitrogens with one attached hydrogen (secondary N) is 1. The number of carboxylic acid groups (broad SMARTS) is 1. The molecule has 0 spiro atoms. The van der Waals surface area contributed by atoms with E-state index >= 15 is 0 Å². The van der Waals surface area contributed by atoms with Gasteiger partial charge in [-0.25, -0.2) is 4.79 Å². The minimum Gasteiger partial charge on any atom is -0.497 e. The van der Waals surface area contributed by atoms with Crippen molar-refractivity contribution in [2.24, 2.45) is 5.10 Å². The van der Waals surface area contributed by atoms with Crippen LogP contribution in [0.2, 0.25) is 0 Å².